The minimum atomic E-state index is -4.52. The Morgan fingerprint density at radius 2 is 1.37 bits per heavy atom. The van der Waals surface area contributed by atoms with Crippen LogP contribution in [0.4, 0.5) is 13.2 Å². The normalized spacial score (nSPS) is 12.7. The number of hydrogen-bond acceptors (Lipinski definition) is 2. The molecule has 0 saturated carbocycles. The second-order valence-corrected chi connectivity index (χ2v) is 8.53. The summed E-state index contributed by atoms with van der Waals surface area (Å²) >= 11 is 0. The molecule has 2 nitrogen and oxygen atoms in total. The number of alkyl halides is 3. The van der Waals surface area contributed by atoms with Gasteiger partial charge in [0.25, 0.3) is 0 Å². The van der Waals surface area contributed by atoms with E-state index in [0.717, 1.165) is 20.8 Å². The highest BCUT2D eigenvalue weighted by atomic mass is 32.2. The molecule has 0 saturated heterocycles. The quantitative estimate of drug-likeness (QED) is 0.283. The van der Waals surface area contributed by atoms with Crippen molar-refractivity contribution < 1.29 is 22.6 Å². The molecule has 30 heavy (non-hydrogen) atoms. The molecule has 0 aliphatic heterocycles. The van der Waals surface area contributed by atoms with E-state index in [2.05, 4.69) is 0 Å². The third-order valence-corrected chi connectivity index (χ3v) is 6.61. The van der Waals surface area contributed by atoms with E-state index in [-0.39, 0.29) is 5.75 Å². The van der Waals surface area contributed by atoms with Gasteiger partial charge in [-0.05, 0) is 43.3 Å². The van der Waals surface area contributed by atoms with Crippen molar-refractivity contribution in [3.8, 4) is 5.75 Å². The van der Waals surface area contributed by atoms with Crippen LogP contribution in [0.3, 0.4) is 0 Å². The molecule has 0 aliphatic rings. The van der Waals surface area contributed by atoms with Crippen LogP contribution in [0.5, 0.6) is 5.75 Å². The summed E-state index contributed by atoms with van der Waals surface area (Å²) in [7, 11) is -0.569. The van der Waals surface area contributed by atoms with Crippen molar-refractivity contribution in [3.63, 3.8) is 0 Å². The molecule has 158 valence electrons. The molecule has 0 heterocycles. The Morgan fingerprint density at radius 3 is 1.83 bits per heavy atom. The smallest absolute Gasteiger partial charge is 0.419 e. The lowest BCUT2D eigenvalue weighted by Gasteiger charge is -2.21. The van der Waals surface area contributed by atoms with Crippen LogP contribution >= 0.6 is 0 Å². The van der Waals surface area contributed by atoms with Gasteiger partial charge >= 0.3 is 6.18 Å². The lowest BCUT2D eigenvalue weighted by molar-refractivity contribution is -0.142. The molecule has 0 amide bonds. The lowest BCUT2D eigenvalue weighted by Crippen LogP contribution is -2.21. The number of benzene rings is 3. The summed E-state index contributed by atoms with van der Waals surface area (Å²) in [6.45, 7) is 3.96. The molecule has 3 rings (SSSR count). The lowest BCUT2D eigenvalue weighted by atomic mass is 10.2. The van der Waals surface area contributed by atoms with Crippen LogP contribution < -0.4 is 4.74 Å². The molecular formula is C24H24F3O2S+. The predicted molar refractivity (Wildman–Crippen MR) is 113 cm³/mol. The highest BCUT2D eigenvalue weighted by Crippen LogP contribution is 2.40. The summed E-state index contributed by atoms with van der Waals surface area (Å²) in [5.41, 5.74) is -0.797. The summed E-state index contributed by atoms with van der Waals surface area (Å²) in [6.07, 6.45) is -4.81. The third-order valence-electron chi connectivity index (χ3n) is 4.40. The van der Waals surface area contributed by atoms with Crippen LogP contribution in [-0.2, 0) is 21.8 Å². The third kappa shape index (κ3) is 5.37. The molecule has 6 heteroatoms. The molecule has 0 bridgehead atoms. The van der Waals surface area contributed by atoms with Crippen molar-refractivity contribution in [2.75, 3.05) is 6.61 Å². The fourth-order valence-corrected chi connectivity index (χ4v) is 5.15. The zero-order chi connectivity index (χ0) is 21.6. The summed E-state index contributed by atoms with van der Waals surface area (Å²) < 4.78 is 52.1. The Hall–Kier alpha value is -2.44. The molecule has 0 N–H and O–H groups in total. The molecule has 0 radical (unpaired) electrons. The highest BCUT2D eigenvalue weighted by Gasteiger charge is 2.37. The fourth-order valence-electron chi connectivity index (χ4n) is 3.05. The van der Waals surface area contributed by atoms with Crippen LogP contribution in [0.1, 0.15) is 25.8 Å². The zero-order valence-corrected chi connectivity index (χ0v) is 17.7. The van der Waals surface area contributed by atoms with Crippen LogP contribution in [0.25, 0.3) is 0 Å². The van der Waals surface area contributed by atoms with Gasteiger partial charge < -0.3 is 9.47 Å². The molecule has 0 fully saturated rings. The van der Waals surface area contributed by atoms with Gasteiger partial charge in [0.1, 0.15) is 5.75 Å². The summed E-state index contributed by atoms with van der Waals surface area (Å²) in [5, 5.41) is 0. The Kier molecular flexibility index (Phi) is 7.45. The largest absolute Gasteiger partial charge is 0.464 e. The number of halogens is 3. The van der Waals surface area contributed by atoms with Crippen molar-refractivity contribution in [2.45, 2.75) is 47.4 Å². The zero-order valence-electron chi connectivity index (χ0n) is 16.9. The predicted octanol–water partition coefficient (Wildman–Crippen LogP) is 6.95. The van der Waals surface area contributed by atoms with Crippen molar-refractivity contribution in [3.05, 3.63) is 84.4 Å². The van der Waals surface area contributed by atoms with E-state index >= 15 is 0 Å². The second-order valence-electron chi connectivity index (χ2n) is 6.50. The Morgan fingerprint density at radius 1 is 0.800 bits per heavy atom. The van der Waals surface area contributed by atoms with Crippen molar-refractivity contribution in [1.82, 2.24) is 0 Å². The Balaban J connectivity index is 2.11. The first-order valence-corrected chi connectivity index (χ1v) is 11.0. The van der Waals surface area contributed by atoms with Crippen molar-refractivity contribution in [1.29, 1.82) is 0 Å². The highest BCUT2D eigenvalue weighted by molar-refractivity contribution is 7.97. The summed E-state index contributed by atoms with van der Waals surface area (Å²) in [4.78, 5) is 2.79. The first-order valence-electron chi connectivity index (χ1n) is 9.78. The van der Waals surface area contributed by atoms with E-state index < -0.39 is 28.9 Å². The van der Waals surface area contributed by atoms with Gasteiger partial charge in [0, 0.05) is 19.1 Å². The van der Waals surface area contributed by atoms with E-state index in [4.69, 9.17) is 9.47 Å². The molecular weight excluding hydrogens is 409 g/mol. The maximum absolute atomic E-state index is 13.6. The minimum Gasteiger partial charge on any atom is -0.464 e. The maximum Gasteiger partial charge on any atom is 0.419 e. The van der Waals surface area contributed by atoms with Crippen LogP contribution in [0.2, 0.25) is 0 Å². The van der Waals surface area contributed by atoms with Crippen LogP contribution in [0.15, 0.2) is 93.5 Å². The maximum atomic E-state index is 13.6. The number of rotatable bonds is 8. The standard InChI is InChI=1S/C24H24F3O2S/c1-3-23(28-4-2)29-22-17-20(15-16-21(22)24(25,26)27)30(18-11-7-5-8-12-18)19-13-9-6-10-14-19/h5-17,23H,3-4H2,1-2H3/q+1. The topological polar surface area (TPSA) is 18.5 Å². The van der Waals surface area contributed by atoms with E-state index in [1.807, 2.05) is 67.6 Å². The summed E-state index contributed by atoms with van der Waals surface area (Å²) in [6, 6.07) is 23.7. The Labute approximate surface area is 178 Å². The fraction of sp³-hybridized carbons (Fsp3) is 0.250. The van der Waals surface area contributed by atoms with Gasteiger partial charge in [0.15, 0.2) is 21.0 Å². The molecule has 1 atom stereocenters. The van der Waals surface area contributed by atoms with Crippen LogP contribution in [0, 0.1) is 0 Å². The van der Waals surface area contributed by atoms with Gasteiger partial charge in [-0.25, -0.2) is 0 Å². The minimum absolute atomic E-state index is 0.204. The van der Waals surface area contributed by atoms with E-state index in [9.17, 15) is 13.2 Å². The van der Waals surface area contributed by atoms with Gasteiger partial charge in [-0.3, -0.25) is 0 Å². The number of hydrogen-bond donors (Lipinski definition) is 0. The van der Waals surface area contributed by atoms with Gasteiger partial charge in [-0.15, -0.1) is 0 Å². The average molecular weight is 434 g/mol. The van der Waals surface area contributed by atoms with Crippen molar-refractivity contribution >= 4 is 10.9 Å². The molecule has 1 unspecified atom stereocenters. The van der Waals surface area contributed by atoms with E-state index in [1.54, 1.807) is 13.0 Å². The first-order chi connectivity index (χ1) is 14.4. The number of ether oxygens (including phenoxy) is 2. The monoisotopic (exact) mass is 433 g/mol. The van der Waals surface area contributed by atoms with E-state index in [0.29, 0.717) is 13.0 Å². The molecule has 0 spiro atoms. The van der Waals surface area contributed by atoms with Gasteiger partial charge in [-0.1, -0.05) is 43.3 Å². The van der Waals surface area contributed by atoms with E-state index in [1.165, 1.54) is 6.07 Å². The van der Waals surface area contributed by atoms with Crippen molar-refractivity contribution in [2.24, 2.45) is 0 Å². The van der Waals surface area contributed by atoms with Gasteiger partial charge in [-0.2, -0.15) is 13.2 Å². The second kappa shape index (κ2) is 10.0. The van der Waals surface area contributed by atoms with Gasteiger partial charge in [0.2, 0.25) is 0 Å². The molecule has 0 aromatic heterocycles. The molecule has 0 aliphatic carbocycles. The average Bonchev–Trinajstić information content (AvgIpc) is 2.74. The molecule has 3 aromatic carbocycles. The van der Waals surface area contributed by atoms with Gasteiger partial charge in [0.05, 0.1) is 16.5 Å². The molecule has 3 aromatic rings. The first kappa shape index (κ1) is 22.2. The summed E-state index contributed by atoms with van der Waals surface area (Å²) in [5.74, 6) is -0.204. The SMILES string of the molecule is CCOC(CC)Oc1cc([S+](c2ccccc2)c2ccccc2)ccc1C(F)(F)F. The van der Waals surface area contributed by atoms with Crippen LogP contribution in [-0.4, -0.2) is 12.9 Å². The Bertz CT molecular complexity index is 891.